The summed E-state index contributed by atoms with van der Waals surface area (Å²) < 4.78 is 62.2. The number of anilines is 1. The van der Waals surface area contributed by atoms with Crippen LogP contribution in [0.3, 0.4) is 0 Å². The Labute approximate surface area is 353 Å². The second-order valence-electron chi connectivity index (χ2n) is 14.6. The van der Waals surface area contributed by atoms with E-state index in [9.17, 15) is 67.8 Å². The highest BCUT2D eigenvalue weighted by molar-refractivity contribution is 8.13. The minimum atomic E-state index is -5.60. The number of aliphatic carboxylic acids is 1. The average Bonchev–Trinajstić information content (AvgIpc) is 3.72. The number of aliphatic hydroxyl groups excluding tert-OH is 2. The van der Waals surface area contributed by atoms with Crippen LogP contribution in [0.4, 0.5) is 5.82 Å². The van der Waals surface area contributed by atoms with E-state index in [-0.39, 0.29) is 48.7 Å². The molecule has 61 heavy (non-hydrogen) atoms. The lowest BCUT2D eigenvalue weighted by molar-refractivity contribution is -0.144. The van der Waals surface area contributed by atoms with E-state index >= 15 is 0 Å². The minimum Gasteiger partial charge on any atom is -0.481 e. The van der Waals surface area contributed by atoms with Gasteiger partial charge in [-0.2, -0.15) is 4.31 Å². The number of phosphoric acid groups is 3. The zero-order chi connectivity index (χ0) is 45.9. The third-order valence-electron chi connectivity index (χ3n) is 9.22. The molecule has 0 spiro atoms. The Morgan fingerprint density at radius 2 is 1.70 bits per heavy atom. The summed E-state index contributed by atoms with van der Waals surface area (Å²) in [7, 11) is -16.5. The molecule has 0 aliphatic carbocycles. The first kappa shape index (κ1) is 52.4. The number of aromatic nitrogens is 4. The van der Waals surface area contributed by atoms with Crippen molar-refractivity contribution < 1.29 is 90.4 Å². The monoisotopic (exact) mass is 951 g/mol. The zero-order valence-electron chi connectivity index (χ0n) is 33.4. The number of hydrogen-bond donors (Lipinski definition) is 10. The molecule has 1 aliphatic rings. The van der Waals surface area contributed by atoms with Crippen molar-refractivity contribution >= 4 is 75.1 Å². The van der Waals surface area contributed by atoms with Crippen LogP contribution in [0.15, 0.2) is 12.7 Å². The number of ether oxygens (including phenoxy) is 1. The molecule has 2 amide bonds. The number of nitrogens with two attached hydrogens (primary N) is 1. The number of nitrogen functional groups attached to an aromatic ring is 1. The van der Waals surface area contributed by atoms with E-state index in [0.29, 0.717) is 12.3 Å². The van der Waals surface area contributed by atoms with E-state index in [2.05, 4.69) is 34.4 Å². The van der Waals surface area contributed by atoms with Gasteiger partial charge in [0, 0.05) is 30.7 Å². The Bertz CT molecular complexity index is 1990. The number of carbonyl (C=O) groups is 4. The molecule has 1 aliphatic heterocycles. The van der Waals surface area contributed by atoms with Gasteiger partial charge in [0.2, 0.25) is 16.9 Å². The van der Waals surface area contributed by atoms with Crippen LogP contribution in [0.2, 0.25) is 0 Å². The molecule has 0 aromatic carbocycles. The molecular weight excluding hydrogens is 899 g/mol. The molecule has 3 rings (SSSR count). The van der Waals surface area contributed by atoms with E-state index in [4.69, 9.17) is 19.5 Å². The van der Waals surface area contributed by atoms with Crippen LogP contribution >= 0.6 is 35.2 Å². The van der Waals surface area contributed by atoms with Gasteiger partial charge < -0.3 is 56.0 Å². The zero-order valence-corrected chi connectivity index (χ0v) is 36.9. The van der Waals surface area contributed by atoms with Gasteiger partial charge in [0.05, 0.1) is 19.5 Å². The van der Waals surface area contributed by atoms with Crippen molar-refractivity contribution in [1.82, 2.24) is 30.2 Å². The topological polar surface area (TPSA) is 401 Å². The Morgan fingerprint density at radius 1 is 1.03 bits per heavy atom. The van der Waals surface area contributed by atoms with Crippen molar-refractivity contribution in [1.29, 1.82) is 0 Å². The van der Waals surface area contributed by atoms with Crippen LogP contribution in [-0.2, 0) is 55.5 Å². The van der Waals surface area contributed by atoms with Gasteiger partial charge in [-0.15, -0.1) is 0 Å². The molecule has 9 atom stereocenters. The van der Waals surface area contributed by atoms with Crippen molar-refractivity contribution in [2.75, 3.05) is 37.8 Å². The fourth-order valence-electron chi connectivity index (χ4n) is 5.60. The lowest BCUT2D eigenvalue weighted by Crippen LogP contribution is -2.46. The van der Waals surface area contributed by atoms with Gasteiger partial charge in [-0.25, -0.2) is 28.6 Å². The molecule has 9 unspecified atom stereocenters. The summed E-state index contributed by atoms with van der Waals surface area (Å²) in [4.78, 5) is 99.8. The maximum absolute atomic E-state index is 12.7. The summed E-state index contributed by atoms with van der Waals surface area (Å²) in [5, 5.41) is 35.3. The molecule has 1 saturated heterocycles. The van der Waals surface area contributed by atoms with E-state index in [1.165, 1.54) is 13.8 Å². The molecule has 2 aromatic rings. The molecule has 346 valence electrons. The molecule has 0 radical (unpaired) electrons. The Kier molecular flexibility index (Phi) is 19.4. The summed E-state index contributed by atoms with van der Waals surface area (Å²) >= 11 is 0.790. The largest absolute Gasteiger partial charge is 0.481 e. The van der Waals surface area contributed by atoms with Crippen LogP contribution in [0.25, 0.3) is 11.2 Å². The summed E-state index contributed by atoms with van der Waals surface area (Å²) in [6, 6.07) is 0. The summed E-state index contributed by atoms with van der Waals surface area (Å²) in [5.41, 5.74) is 4.20. The number of imidazole rings is 1. The van der Waals surface area contributed by atoms with Crippen LogP contribution in [0.1, 0.15) is 66.0 Å². The number of carboxylic acids is 1. The second-order valence-corrected chi connectivity index (χ2v) is 19.9. The van der Waals surface area contributed by atoms with E-state index < -0.39 is 102 Å². The van der Waals surface area contributed by atoms with Gasteiger partial charge >= 0.3 is 29.4 Å². The van der Waals surface area contributed by atoms with Crippen molar-refractivity contribution in [3.05, 3.63) is 12.7 Å². The number of nitrogens with zero attached hydrogens (tertiary/aromatic N) is 4. The van der Waals surface area contributed by atoms with E-state index in [1.807, 2.05) is 13.8 Å². The number of carbonyl (C=O) groups excluding carboxylic acids is 3. The number of nitrogens with one attached hydrogen (secondary N) is 2. The molecule has 2 aromatic heterocycles. The highest BCUT2D eigenvalue weighted by Crippen LogP contribution is 2.61. The first-order valence-electron chi connectivity index (χ1n) is 18.6. The summed E-state index contributed by atoms with van der Waals surface area (Å²) in [6.45, 7) is 4.22. The lowest BCUT2D eigenvalue weighted by Gasteiger charge is -2.30. The van der Waals surface area contributed by atoms with Crippen molar-refractivity contribution in [2.45, 2.75) is 90.4 Å². The molecule has 0 saturated carbocycles. The predicted molar refractivity (Wildman–Crippen MR) is 212 cm³/mol. The third-order valence-corrected chi connectivity index (χ3v) is 13.3. The van der Waals surface area contributed by atoms with Crippen LogP contribution in [-0.4, -0.2) is 134 Å². The number of aliphatic hydroxyl groups is 2. The highest BCUT2D eigenvalue weighted by atomic mass is 32.2. The molecule has 1 fully saturated rings. The quantitative estimate of drug-likeness (QED) is 0.0350. The van der Waals surface area contributed by atoms with E-state index in [0.717, 1.165) is 41.8 Å². The smallest absolute Gasteiger partial charge is 0.481 e. The highest BCUT2D eigenvalue weighted by Gasteiger charge is 2.50. The standard InChI is InChI=1S/C31H52N7O19P3S/c1-5-17(2)7-6-8-18(29(43)44)30(45)61-12-11-33-20(39)9-10-34-27(42)24(41)31(3,4)14-54-60(51,52)57-59(49,50)53-13-19-23(56-58(46,47)48)22(40)28(55-19)38-16-37-21-25(32)35-15-36-26(21)38/h15-19,22-24,28,40-41H,5-14H2,1-4H3,(H,33,39)(H,34,42)(H,43,44)(H,49,50)(H,51,52)(H2,32,35,36)(H2,46,47,48). The number of amides is 2. The molecule has 3 heterocycles. The SMILES string of the molecule is CCC(C)CCCC(C(=O)O)C(=O)SCCNC(=O)CCNC(=O)C(O)C(C)(C)COP(=O)(O)OP(=O)(O)OCC1OC(n2cnc3c(N)ncnc32)C(O)C1OP(=O)(O)O. The number of thioether (sulfide) groups is 1. The summed E-state index contributed by atoms with van der Waals surface area (Å²) in [6.07, 6.45) is -4.56. The van der Waals surface area contributed by atoms with Crippen LogP contribution in [0, 0.1) is 17.3 Å². The predicted octanol–water partition coefficient (Wildman–Crippen LogP) is 0.582. The normalized spacial score (nSPS) is 21.9. The number of rotatable bonds is 26. The van der Waals surface area contributed by atoms with E-state index in [1.54, 1.807) is 0 Å². The Morgan fingerprint density at radius 3 is 2.34 bits per heavy atom. The second kappa shape index (κ2) is 22.6. The van der Waals surface area contributed by atoms with Crippen molar-refractivity contribution in [3.8, 4) is 0 Å². The van der Waals surface area contributed by atoms with Gasteiger partial charge in [-0.1, -0.05) is 58.7 Å². The van der Waals surface area contributed by atoms with Crippen LogP contribution in [0.5, 0.6) is 0 Å². The van der Waals surface area contributed by atoms with Crippen LogP contribution < -0.4 is 16.4 Å². The van der Waals surface area contributed by atoms with Gasteiger partial charge in [-0.3, -0.25) is 37.3 Å². The number of carboxylic acid groups (broad SMARTS) is 1. The maximum Gasteiger partial charge on any atom is 0.481 e. The first-order chi connectivity index (χ1) is 28.3. The van der Waals surface area contributed by atoms with Gasteiger partial charge in [0.15, 0.2) is 17.7 Å². The Hall–Kier alpha value is -2.97. The van der Waals surface area contributed by atoms with Gasteiger partial charge in [0.1, 0.15) is 42.2 Å². The van der Waals surface area contributed by atoms with Crippen molar-refractivity contribution in [3.63, 3.8) is 0 Å². The minimum absolute atomic E-state index is 0.0193. The van der Waals surface area contributed by atoms with Gasteiger partial charge in [0.25, 0.3) is 0 Å². The Balaban J connectivity index is 1.45. The fourth-order valence-corrected chi connectivity index (χ4v) is 9.25. The number of hydrogen-bond acceptors (Lipinski definition) is 19. The number of phosphoric ester groups is 3. The number of fused-ring (bicyclic) bond motifs is 1. The molecule has 30 heteroatoms. The molecular formula is C31H52N7O19P3S. The third kappa shape index (κ3) is 16.3. The molecule has 26 nitrogen and oxygen atoms in total. The maximum atomic E-state index is 12.7. The fraction of sp³-hybridized carbons (Fsp3) is 0.710. The molecule has 11 N–H and O–H groups in total. The lowest BCUT2D eigenvalue weighted by atomic mass is 9.87. The summed E-state index contributed by atoms with van der Waals surface area (Å²) in [5.74, 6) is -3.43. The van der Waals surface area contributed by atoms with Crippen molar-refractivity contribution in [2.24, 2.45) is 17.3 Å². The van der Waals surface area contributed by atoms with Gasteiger partial charge in [-0.05, 0) is 12.3 Å². The average molecular weight is 952 g/mol. The first-order valence-corrected chi connectivity index (χ1v) is 24.1. The molecule has 0 bridgehead atoms.